The Bertz CT molecular complexity index is 1190. The number of carbonyl (C=O) groups is 2. The van der Waals surface area contributed by atoms with Gasteiger partial charge in [-0.15, -0.1) is 6.58 Å². The molecule has 1 heterocycles. The van der Waals surface area contributed by atoms with E-state index in [-0.39, 0.29) is 24.0 Å². The number of carboxylic acids is 1. The van der Waals surface area contributed by atoms with E-state index in [0.717, 1.165) is 5.56 Å². The number of aliphatic carboxylic acids is 1. The lowest BCUT2D eigenvalue weighted by atomic mass is 10.1. The lowest BCUT2D eigenvalue weighted by Gasteiger charge is -2.25. The summed E-state index contributed by atoms with van der Waals surface area (Å²) in [5.41, 5.74) is 2.83. The first-order chi connectivity index (χ1) is 16.2. The second kappa shape index (κ2) is 9.57. The Morgan fingerprint density at radius 2 is 1.97 bits per heavy atom. The first-order valence-electron chi connectivity index (χ1n) is 11.0. The van der Waals surface area contributed by atoms with Gasteiger partial charge in [-0.2, -0.15) is 0 Å². The van der Waals surface area contributed by atoms with Crippen molar-refractivity contribution in [2.45, 2.75) is 29.9 Å². The molecule has 180 valence electrons. The van der Waals surface area contributed by atoms with Crippen LogP contribution < -0.4 is 14.9 Å². The fourth-order valence-corrected chi connectivity index (χ4v) is 5.18. The van der Waals surface area contributed by atoms with Crippen LogP contribution in [0.4, 0.5) is 0 Å². The van der Waals surface area contributed by atoms with Crippen molar-refractivity contribution < 1.29 is 27.9 Å². The van der Waals surface area contributed by atoms with Gasteiger partial charge in [-0.3, -0.25) is 9.59 Å². The highest BCUT2D eigenvalue weighted by molar-refractivity contribution is 7.90. The predicted octanol–water partition coefficient (Wildman–Crippen LogP) is 1.93. The largest absolute Gasteiger partial charge is 0.489 e. The van der Waals surface area contributed by atoms with E-state index in [4.69, 9.17) is 4.74 Å². The Kier molecular flexibility index (Phi) is 6.74. The maximum atomic E-state index is 13.1. The van der Waals surface area contributed by atoms with Gasteiger partial charge in [0.2, 0.25) is 0 Å². The van der Waals surface area contributed by atoms with Gasteiger partial charge in [0, 0.05) is 25.1 Å². The SMILES string of the molecule is C=C[C@@H]1C[C@]1(NN1CC[C@H](C(=O)O)C1)C(=O)NS(=O)(=O)c1cccc(OCc2ccccc2)c1. The number of hydrogen-bond donors (Lipinski definition) is 3. The van der Waals surface area contributed by atoms with Crippen molar-refractivity contribution in [3.05, 3.63) is 72.8 Å². The number of carbonyl (C=O) groups excluding carboxylic acids is 1. The predicted molar refractivity (Wildman–Crippen MR) is 124 cm³/mol. The number of ether oxygens (including phenoxy) is 1. The zero-order valence-corrected chi connectivity index (χ0v) is 19.3. The van der Waals surface area contributed by atoms with Crippen molar-refractivity contribution in [2.75, 3.05) is 13.1 Å². The Balaban J connectivity index is 1.44. The van der Waals surface area contributed by atoms with Gasteiger partial charge >= 0.3 is 5.97 Å². The maximum absolute atomic E-state index is 13.1. The molecule has 3 N–H and O–H groups in total. The number of rotatable bonds is 10. The molecule has 0 radical (unpaired) electrons. The van der Waals surface area contributed by atoms with Gasteiger partial charge in [0.05, 0.1) is 10.8 Å². The molecule has 0 spiro atoms. The highest BCUT2D eigenvalue weighted by Gasteiger charge is 2.60. The van der Waals surface area contributed by atoms with Crippen LogP contribution in [0.5, 0.6) is 5.75 Å². The molecule has 0 bridgehead atoms. The van der Waals surface area contributed by atoms with Crippen LogP contribution in [-0.4, -0.2) is 49.0 Å². The molecule has 4 rings (SSSR count). The number of nitrogens with zero attached hydrogens (tertiary/aromatic N) is 1. The number of carboxylic acid groups (broad SMARTS) is 1. The number of hydrazine groups is 1. The molecule has 10 heteroatoms. The highest BCUT2D eigenvalue weighted by Crippen LogP contribution is 2.45. The van der Waals surface area contributed by atoms with Gasteiger partial charge in [0.15, 0.2) is 0 Å². The van der Waals surface area contributed by atoms with E-state index in [9.17, 15) is 23.1 Å². The lowest BCUT2D eigenvalue weighted by molar-refractivity contribution is -0.141. The average Bonchev–Trinajstić information content (AvgIpc) is 3.34. The van der Waals surface area contributed by atoms with Crippen molar-refractivity contribution in [3.8, 4) is 5.75 Å². The highest BCUT2D eigenvalue weighted by atomic mass is 32.2. The van der Waals surface area contributed by atoms with Crippen molar-refractivity contribution >= 4 is 21.9 Å². The van der Waals surface area contributed by atoms with Crippen molar-refractivity contribution in [1.29, 1.82) is 0 Å². The Morgan fingerprint density at radius 1 is 1.21 bits per heavy atom. The zero-order valence-electron chi connectivity index (χ0n) is 18.5. The normalized spacial score (nSPS) is 24.4. The lowest BCUT2D eigenvalue weighted by Crippen LogP contribution is -2.55. The minimum absolute atomic E-state index is 0.0931. The fraction of sp³-hybridized carbons (Fsp3) is 0.333. The van der Waals surface area contributed by atoms with E-state index in [2.05, 4.69) is 16.7 Å². The molecule has 2 aromatic carbocycles. The monoisotopic (exact) mass is 485 g/mol. The molecule has 2 aromatic rings. The van der Waals surface area contributed by atoms with Crippen LogP contribution in [0.2, 0.25) is 0 Å². The average molecular weight is 486 g/mol. The Labute approximate surface area is 198 Å². The second-order valence-corrected chi connectivity index (χ2v) is 10.3. The Hall–Kier alpha value is -3.21. The second-order valence-electron chi connectivity index (χ2n) is 8.58. The molecular formula is C24H27N3O6S. The molecule has 0 unspecified atom stereocenters. The van der Waals surface area contributed by atoms with Crippen LogP contribution in [0.3, 0.4) is 0 Å². The third-order valence-corrected chi connectivity index (χ3v) is 7.52. The van der Waals surface area contributed by atoms with Crippen LogP contribution in [0, 0.1) is 11.8 Å². The Morgan fingerprint density at radius 3 is 2.62 bits per heavy atom. The molecule has 34 heavy (non-hydrogen) atoms. The smallest absolute Gasteiger partial charge is 0.307 e. The summed E-state index contributed by atoms with van der Waals surface area (Å²) in [4.78, 5) is 24.3. The van der Waals surface area contributed by atoms with Gasteiger partial charge in [0.25, 0.3) is 15.9 Å². The van der Waals surface area contributed by atoms with E-state index in [0.29, 0.717) is 25.1 Å². The van der Waals surface area contributed by atoms with Gasteiger partial charge in [0.1, 0.15) is 17.9 Å². The summed E-state index contributed by atoms with van der Waals surface area (Å²) in [5, 5.41) is 10.9. The number of amides is 1. The van der Waals surface area contributed by atoms with E-state index < -0.39 is 33.4 Å². The van der Waals surface area contributed by atoms with Gasteiger partial charge < -0.3 is 9.84 Å². The molecule has 1 saturated carbocycles. The molecule has 1 aliphatic heterocycles. The third kappa shape index (κ3) is 5.14. The molecule has 1 aliphatic carbocycles. The summed E-state index contributed by atoms with van der Waals surface area (Å²) in [6.07, 6.45) is 2.42. The van der Waals surface area contributed by atoms with Gasteiger partial charge in [-0.1, -0.05) is 42.5 Å². The number of sulfonamides is 1. The van der Waals surface area contributed by atoms with E-state index >= 15 is 0 Å². The van der Waals surface area contributed by atoms with Crippen LogP contribution in [0.25, 0.3) is 0 Å². The minimum Gasteiger partial charge on any atom is -0.489 e. The quantitative estimate of drug-likeness (QED) is 0.436. The van der Waals surface area contributed by atoms with Crippen molar-refractivity contribution in [1.82, 2.24) is 15.2 Å². The van der Waals surface area contributed by atoms with Crippen LogP contribution in [0.15, 0.2) is 72.1 Å². The summed E-state index contributed by atoms with van der Waals surface area (Å²) >= 11 is 0. The van der Waals surface area contributed by atoms with Crippen molar-refractivity contribution in [3.63, 3.8) is 0 Å². The van der Waals surface area contributed by atoms with E-state index in [1.54, 1.807) is 23.2 Å². The molecule has 1 amide bonds. The maximum Gasteiger partial charge on any atom is 0.307 e. The molecule has 0 aromatic heterocycles. The van der Waals surface area contributed by atoms with E-state index in [1.165, 1.54) is 12.1 Å². The molecular weight excluding hydrogens is 458 g/mol. The molecule has 1 saturated heterocycles. The number of nitrogens with one attached hydrogen (secondary N) is 2. The summed E-state index contributed by atoms with van der Waals surface area (Å²) in [5.74, 6) is -2.04. The zero-order chi connectivity index (χ0) is 24.3. The van der Waals surface area contributed by atoms with Crippen LogP contribution >= 0.6 is 0 Å². The van der Waals surface area contributed by atoms with Crippen molar-refractivity contribution in [2.24, 2.45) is 11.8 Å². The summed E-state index contributed by atoms with van der Waals surface area (Å²) in [6.45, 7) is 4.69. The molecule has 2 fully saturated rings. The van der Waals surface area contributed by atoms with Gasteiger partial charge in [-0.05, 0) is 30.5 Å². The summed E-state index contributed by atoms with van der Waals surface area (Å²) < 4.78 is 33.8. The van der Waals surface area contributed by atoms with Crippen LogP contribution in [0.1, 0.15) is 18.4 Å². The third-order valence-electron chi connectivity index (χ3n) is 6.19. The number of benzene rings is 2. The topological polar surface area (TPSA) is 125 Å². The minimum atomic E-state index is -4.16. The molecule has 2 aliphatic rings. The van der Waals surface area contributed by atoms with Gasteiger partial charge in [-0.25, -0.2) is 23.6 Å². The molecule has 3 atom stereocenters. The first-order valence-corrected chi connectivity index (χ1v) is 12.4. The summed E-state index contributed by atoms with van der Waals surface area (Å²) in [7, 11) is -4.16. The van der Waals surface area contributed by atoms with Crippen LogP contribution in [-0.2, 0) is 26.2 Å². The first kappa shape index (κ1) is 23.9. The fourth-order valence-electron chi connectivity index (χ4n) is 4.10. The van der Waals surface area contributed by atoms with E-state index in [1.807, 2.05) is 30.3 Å². The summed E-state index contributed by atoms with van der Waals surface area (Å²) in [6, 6.07) is 15.4. The standard InChI is InChI=1S/C24H27N3O6S/c1-2-19-14-24(19,26-27-12-11-18(15-27)22(28)29)23(30)25-34(31,32)21-10-6-9-20(13-21)33-16-17-7-4-3-5-8-17/h2-10,13,18-19,26H,1,11-12,14-16H2,(H,25,30)(H,28,29)/t18-,19+,24+/m0/s1. The number of hydrogen-bond acceptors (Lipinski definition) is 7. The molecule has 9 nitrogen and oxygen atoms in total.